The molecule has 132 valence electrons. The first-order chi connectivity index (χ1) is 12.0. The molecular formula is C17H19N3O5. The second-order valence-corrected chi connectivity index (χ2v) is 5.24. The van der Waals surface area contributed by atoms with E-state index in [-0.39, 0.29) is 18.7 Å². The van der Waals surface area contributed by atoms with E-state index in [0.29, 0.717) is 11.3 Å². The Morgan fingerprint density at radius 1 is 1.16 bits per heavy atom. The SMILES string of the molecule is COC(=O)N[C@@H](Cc1cn(CC(=O)c2ccccc2)cn1)C(=O)OC. The highest BCUT2D eigenvalue weighted by molar-refractivity contribution is 5.95. The van der Waals surface area contributed by atoms with Crippen molar-refractivity contribution in [2.75, 3.05) is 14.2 Å². The van der Waals surface area contributed by atoms with E-state index < -0.39 is 18.1 Å². The number of methoxy groups -OCH3 is 2. The molecule has 8 heteroatoms. The van der Waals surface area contributed by atoms with Gasteiger partial charge in [0.2, 0.25) is 0 Å². The number of benzene rings is 1. The zero-order valence-electron chi connectivity index (χ0n) is 14.0. The molecular weight excluding hydrogens is 326 g/mol. The molecule has 0 saturated carbocycles. The minimum Gasteiger partial charge on any atom is -0.467 e. The molecule has 1 aromatic carbocycles. The monoisotopic (exact) mass is 345 g/mol. The number of hydrogen-bond acceptors (Lipinski definition) is 6. The predicted molar refractivity (Wildman–Crippen MR) is 88.0 cm³/mol. The molecule has 1 amide bonds. The van der Waals surface area contributed by atoms with Gasteiger partial charge in [0.05, 0.1) is 32.8 Å². The molecule has 0 unspecified atom stereocenters. The zero-order valence-corrected chi connectivity index (χ0v) is 14.0. The van der Waals surface area contributed by atoms with Crippen molar-refractivity contribution < 1.29 is 23.9 Å². The van der Waals surface area contributed by atoms with Crippen LogP contribution in [-0.2, 0) is 27.2 Å². The maximum absolute atomic E-state index is 12.2. The standard InChI is InChI=1S/C17H19N3O5/c1-24-16(22)14(19-17(23)25-2)8-13-9-20(11-18-13)10-15(21)12-6-4-3-5-7-12/h3-7,9,11,14H,8,10H2,1-2H3,(H,19,23)/t14-/m0/s1. The van der Waals surface area contributed by atoms with Crippen molar-refractivity contribution in [3.05, 3.63) is 54.1 Å². The highest BCUT2D eigenvalue weighted by Gasteiger charge is 2.23. The number of Topliss-reactive ketones (excluding diaryl/α,β-unsaturated/α-hetero) is 1. The number of ketones is 1. The van der Waals surface area contributed by atoms with E-state index in [4.69, 9.17) is 0 Å². The molecule has 0 fully saturated rings. The fourth-order valence-corrected chi connectivity index (χ4v) is 2.23. The van der Waals surface area contributed by atoms with E-state index in [1.54, 1.807) is 35.0 Å². The number of hydrogen-bond donors (Lipinski definition) is 1. The number of carbonyl (C=O) groups is 3. The van der Waals surface area contributed by atoms with Gasteiger partial charge in [-0.2, -0.15) is 0 Å². The molecule has 0 radical (unpaired) electrons. The van der Waals surface area contributed by atoms with Crippen molar-refractivity contribution >= 4 is 17.8 Å². The minimum absolute atomic E-state index is 0.0539. The lowest BCUT2D eigenvalue weighted by Crippen LogP contribution is -2.43. The Morgan fingerprint density at radius 2 is 1.88 bits per heavy atom. The van der Waals surface area contributed by atoms with Gasteiger partial charge in [0.1, 0.15) is 6.04 Å². The fourth-order valence-electron chi connectivity index (χ4n) is 2.23. The lowest BCUT2D eigenvalue weighted by Gasteiger charge is -2.14. The van der Waals surface area contributed by atoms with Crippen LogP contribution in [0.1, 0.15) is 16.1 Å². The third-order valence-corrected chi connectivity index (χ3v) is 3.49. The fraction of sp³-hybridized carbons (Fsp3) is 0.294. The summed E-state index contributed by atoms with van der Waals surface area (Å²) in [6, 6.07) is 8.00. The van der Waals surface area contributed by atoms with Crippen molar-refractivity contribution in [2.45, 2.75) is 19.0 Å². The predicted octanol–water partition coefficient (Wildman–Crippen LogP) is 1.21. The van der Waals surface area contributed by atoms with E-state index in [1.807, 2.05) is 6.07 Å². The van der Waals surface area contributed by atoms with Crippen LogP contribution in [0.4, 0.5) is 4.79 Å². The van der Waals surface area contributed by atoms with Crippen molar-refractivity contribution in [2.24, 2.45) is 0 Å². The van der Waals surface area contributed by atoms with Crippen LogP contribution in [0.5, 0.6) is 0 Å². The van der Waals surface area contributed by atoms with Crippen molar-refractivity contribution in [3.8, 4) is 0 Å². The van der Waals surface area contributed by atoms with Gasteiger partial charge in [-0.25, -0.2) is 14.6 Å². The first-order valence-electron chi connectivity index (χ1n) is 7.54. The first kappa shape index (κ1) is 18.2. The maximum atomic E-state index is 12.2. The van der Waals surface area contributed by atoms with Crippen molar-refractivity contribution in [3.63, 3.8) is 0 Å². The highest BCUT2D eigenvalue weighted by Crippen LogP contribution is 2.06. The van der Waals surface area contributed by atoms with Crippen molar-refractivity contribution in [1.82, 2.24) is 14.9 Å². The molecule has 0 aliphatic heterocycles. The Bertz CT molecular complexity index is 742. The Kier molecular flexibility index (Phi) is 6.27. The van der Waals surface area contributed by atoms with E-state index in [9.17, 15) is 14.4 Å². The van der Waals surface area contributed by atoms with Gasteiger partial charge in [-0.3, -0.25) is 4.79 Å². The van der Waals surface area contributed by atoms with Gasteiger partial charge in [-0.1, -0.05) is 30.3 Å². The molecule has 25 heavy (non-hydrogen) atoms. The average Bonchev–Trinajstić information content (AvgIpc) is 3.07. The summed E-state index contributed by atoms with van der Waals surface area (Å²) in [7, 11) is 2.43. The molecule has 1 N–H and O–H groups in total. The van der Waals surface area contributed by atoms with Crippen molar-refractivity contribution in [1.29, 1.82) is 0 Å². The van der Waals surface area contributed by atoms with E-state index in [0.717, 1.165) is 0 Å². The van der Waals surface area contributed by atoms with Crippen LogP contribution in [0, 0.1) is 0 Å². The molecule has 0 aliphatic rings. The van der Waals surface area contributed by atoms with Gasteiger partial charge in [-0.15, -0.1) is 0 Å². The number of amides is 1. The normalized spacial score (nSPS) is 11.4. The molecule has 2 aromatic rings. The number of carbonyl (C=O) groups excluding carboxylic acids is 3. The Balaban J connectivity index is 2.02. The third kappa shape index (κ3) is 5.17. The molecule has 8 nitrogen and oxygen atoms in total. The number of rotatable bonds is 7. The molecule has 0 saturated heterocycles. The maximum Gasteiger partial charge on any atom is 0.407 e. The van der Waals surface area contributed by atoms with Gasteiger partial charge in [0.15, 0.2) is 5.78 Å². The van der Waals surface area contributed by atoms with Crippen LogP contribution in [0.25, 0.3) is 0 Å². The topological polar surface area (TPSA) is 99.5 Å². The zero-order chi connectivity index (χ0) is 18.2. The van der Waals surface area contributed by atoms with Crippen LogP contribution in [0.2, 0.25) is 0 Å². The van der Waals surface area contributed by atoms with Gasteiger partial charge < -0.3 is 19.4 Å². The summed E-state index contributed by atoms with van der Waals surface area (Å²) in [5, 5.41) is 2.39. The number of alkyl carbamates (subject to hydrolysis) is 1. The number of nitrogens with zero attached hydrogens (tertiary/aromatic N) is 2. The molecule has 1 atom stereocenters. The molecule has 0 aliphatic carbocycles. The summed E-state index contributed by atoms with van der Waals surface area (Å²) in [6.07, 6.45) is 2.53. The van der Waals surface area contributed by atoms with Gasteiger partial charge in [0.25, 0.3) is 0 Å². The minimum atomic E-state index is -0.925. The van der Waals surface area contributed by atoms with Crippen LogP contribution in [0.15, 0.2) is 42.9 Å². The number of esters is 1. The summed E-state index contributed by atoms with van der Waals surface area (Å²) in [6.45, 7) is 0.129. The summed E-state index contributed by atoms with van der Waals surface area (Å²) < 4.78 is 10.8. The number of ether oxygens (including phenoxy) is 2. The number of imidazole rings is 1. The second kappa shape index (κ2) is 8.62. The van der Waals surface area contributed by atoms with Crippen LogP contribution < -0.4 is 5.32 Å². The van der Waals surface area contributed by atoms with E-state index in [2.05, 4.69) is 19.8 Å². The smallest absolute Gasteiger partial charge is 0.407 e. The molecule has 1 aromatic heterocycles. The molecule has 1 heterocycles. The lowest BCUT2D eigenvalue weighted by molar-refractivity contribution is -0.142. The Morgan fingerprint density at radius 3 is 2.52 bits per heavy atom. The summed E-state index contributed by atoms with van der Waals surface area (Å²) in [5.41, 5.74) is 1.14. The first-order valence-corrected chi connectivity index (χ1v) is 7.54. The third-order valence-electron chi connectivity index (χ3n) is 3.49. The van der Waals surface area contributed by atoms with E-state index in [1.165, 1.54) is 20.5 Å². The summed E-state index contributed by atoms with van der Waals surface area (Å²) in [4.78, 5) is 39.4. The molecule has 2 rings (SSSR count). The van der Waals surface area contributed by atoms with Crippen LogP contribution in [-0.4, -0.2) is 47.7 Å². The quantitative estimate of drug-likeness (QED) is 0.598. The van der Waals surface area contributed by atoms with E-state index >= 15 is 0 Å². The van der Waals surface area contributed by atoms with Gasteiger partial charge in [0, 0.05) is 18.2 Å². The van der Waals surface area contributed by atoms with Gasteiger partial charge in [-0.05, 0) is 0 Å². The van der Waals surface area contributed by atoms with Crippen LogP contribution >= 0.6 is 0 Å². The second-order valence-electron chi connectivity index (χ2n) is 5.24. The number of aromatic nitrogens is 2. The highest BCUT2D eigenvalue weighted by atomic mass is 16.5. The number of nitrogens with one attached hydrogen (secondary N) is 1. The summed E-state index contributed by atoms with van der Waals surface area (Å²) in [5.74, 6) is -0.665. The Labute approximate surface area is 144 Å². The molecule has 0 spiro atoms. The Hall–Kier alpha value is -3.16. The summed E-state index contributed by atoms with van der Waals surface area (Å²) >= 11 is 0. The largest absolute Gasteiger partial charge is 0.467 e. The lowest BCUT2D eigenvalue weighted by atomic mass is 10.1. The average molecular weight is 345 g/mol. The van der Waals surface area contributed by atoms with Crippen LogP contribution in [0.3, 0.4) is 0 Å². The molecule has 0 bridgehead atoms. The van der Waals surface area contributed by atoms with Gasteiger partial charge >= 0.3 is 12.1 Å².